The third-order valence-corrected chi connectivity index (χ3v) is 3.96. The van der Waals surface area contributed by atoms with Gasteiger partial charge in [-0.05, 0) is 32.0 Å². The van der Waals surface area contributed by atoms with E-state index in [2.05, 4.69) is 20.3 Å². The molecule has 0 aliphatic carbocycles. The van der Waals surface area contributed by atoms with E-state index in [1.807, 2.05) is 22.9 Å². The number of piperidine rings is 1. The third-order valence-electron chi connectivity index (χ3n) is 3.96. The lowest BCUT2D eigenvalue weighted by Crippen LogP contribution is -2.27. The number of nitrogens with one attached hydrogen (secondary N) is 1. The van der Waals surface area contributed by atoms with Crippen molar-refractivity contribution in [3.8, 4) is 11.4 Å². The molecule has 0 radical (unpaired) electrons. The van der Waals surface area contributed by atoms with Crippen LogP contribution in [0.3, 0.4) is 0 Å². The van der Waals surface area contributed by atoms with Crippen LogP contribution >= 0.6 is 0 Å². The molecule has 21 heavy (non-hydrogen) atoms. The van der Waals surface area contributed by atoms with Crippen LogP contribution in [0.4, 0.5) is 0 Å². The van der Waals surface area contributed by atoms with Crippen LogP contribution in [0.2, 0.25) is 0 Å². The number of fused-ring (bicyclic) bond motifs is 1. The van der Waals surface area contributed by atoms with Gasteiger partial charge < -0.3 is 5.32 Å². The number of nitrogens with zero attached hydrogens (tertiary/aromatic N) is 5. The van der Waals surface area contributed by atoms with E-state index in [0.29, 0.717) is 11.7 Å². The highest BCUT2D eigenvalue weighted by Crippen LogP contribution is 2.25. The topological polar surface area (TPSA) is 68.0 Å². The fourth-order valence-electron chi connectivity index (χ4n) is 2.84. The highest BCUT2D eigenvalue weighted by molar-refractivity contribution is 5.57. The fraction of sp³-hybridized carbons (Fsp3) is 0.333. The second kappa shape index (κ2) is 5.21. The Labute approximate surface area is 122 Å². The third kappa shape index (κ3) is 2.27. The lowest BCUT2D eigenvalue weighted by molar-refractivity contribution is 0.452. The molecule has 4 rings (SSSR count). The molecule has 6 nitrogen and oxygen atoms in total. The summed E-state index contributed by atoms with van der Waals surface area (Å²) in [7, 11) is 0. The van der Waals surface area contributed by atoms with Gasteiger partial charge in [-0.1, -0.05) is 0 Å². The summed E-state index contributed by atoms with van der Waals surface area (Å²) in [4.78, 5) is 17.7. The molecule has 0 unspecified atom stereocenters. The van der Waals surface area contributed by atoms with Crippen LogP contribution in [0.25, 0.3) is 17.2 Å². The van der Waals surface area contributed by atoms with Gasteiger partial charge >= 0.3 is 0 Å². The van der Waals surface area contributed by atoms with E-state index in [0.717, 1.165) is 43.0 Å². The van der Waals surface area contributed by atoms with Crippen LogP contribution in [-0.2, 0) is 0 Å². The molecule has 0 spiro atoms. The number of hydrogen-bond acceptors (Lipinski definition) is 5. The van der Waals surface area contributed by atoms with Crippen molar-refractivity contribution in [1.82, 2.24) is 29.7 Å². The Morgan fingerprint density at radius 3 is 2.90 bits per heavy atom. The molecular formula is C15H16N6. The minimum Gasteiger partial charge on any atom is -0.317 e. The number of aromatic nitrogens is 5. The van der Waals surface area contributed by atoms with Crippen LogP contribution in [0.1, 0.15) is 24.5 Å². The van der Waals surface area contributed by atoms with Gasteiger partial charge in [0, 0.05) is 24.5 Å². The molecule has 6 heteroatoms. The molecule has 3 aromatic rings. The molecule has 1 fully saturated rings. The maximum absolute atomic E-state index is 4.81. The van der Waals surface area contributed by atoms with Gasteiger partial charge in [0.2, 0.25) is 5.78 Å². The average Bonchev–Trinajstić information content (AvgIpc) is 3.00. The highest BCUT2D eigenvalue weighted by atomic mass is 15.1. The second-order valence-corrected chi connectivity index (χ2v) is 5.29. The minimum atomic E-state index is 0.496. The van der Waals surface area contributed by atoms with Crippen molar-refractivity contribution >= 4 is 5.78 Å². The van der Waals surface area contributed by atoms with Crippen molar-refractivity contribution in [3.05, 3.63) is 42.7 Å². The summed E-state index contributed by atoms with van der Waals surface area (Å²) in [6, 6.07) is 1.89. The zero-order valence-electron chi connectivity index (χ0n) is 11.6. The Kier molecular flexibility index (Phi) is 3.08. The summed E-state index contributed by atoms with van der Waals surface area (Å²) < 4.78 is 1.94. The standard InChI is InChI=1S/C15H16N6/c1-4-18-15-19-10-14(21(15)7-1)13-9-17-8-12(20-13)11-2-5-16-6-3-11/h1,4,7-11,16H,2-3,5-6H2. The lowest BCUT2D eigenvalue weighted by Gasteiger charge is -2.22. The van der Waals surface area contributed by atoms with Crippen LogP contribution in [0.15, 0.2) is 37.1 Å². The quantitative estimate of drug-likeness (QED) is 0.773. The molecular weight excluding hydrogens is 264 g/mol. The zero-order valence-corrected chi connectivity index (χ0v) is 11.6. The van der Waals surface area contributed by atoms with Crippen LogP contribution in [0.5, 0.6) is 0 Å². The van der Waals surface area contributed by atoms with E-state index in [9.17, 15) is 0 Å². The van der Waals surface area contributed by atoms with Crippen molar-refractivity contribution < 1.29 is 0 Å². The maximum atomic E-state index is 4.81. The lowest BCUT2D eigenvalue weighted by atomic mass is 9.95. The smallest absolute Gasteiger partial charge is 0.234 e. The predicted octanol–water partition coefficient (Wildman–Crippen LogP) is 1.65. The Morgan fingerprint density at radius 1 is 1.10 bits per heavy atom. The molecule has 1 aliphatic heterocycles. The molecule has 0 amide bonds. The van der Waals surface area contributed by atoms with Crippen molar-refractivity contribution in [2.45, 2.75) is 18.8 Å². The van der Waals surface area contributed by atoms with Crippen molar-refractivity contribution in [1.29, 1.82) is 0 Å². The summed E-state index contributed by atoms with van der Waals surface area (Å²) in [6.45, 7) is 2.10. The molecule has 3 aromatic heterocycles. The van der Waals surface area contributed by atoms with Crippen molar-refractivity contribution in [2.75, 3.05) is 13.1 Å². The van der Waals surface area contributed by atoms with Crippen LogP contribution in [-0.4, -0.2) is 37.4 Å². The van der Waals surface area contributed by atoms with E-state index in [1.54, 1.807) is 18.6 Å². The molecule has 106 valence electrons. The molecule has 1 N–H and O–H groups in total. The van der Waals surface area contributed by atoms with Gasteiger partial charge in [0.05, 0.1) is 23.8 Å². The van der Waals surface area contributed by atoms with Gasteiger partial charge in [0.25, 0.3) is 0 Å². The second-order valence-electron chi connectivity index (χ2n) is 5.29. The molecule has 4 heterocycles. The molecule has 0 atom stereocenters. The van der Waals surface area contributed by atoms with Gasteiger partial charge in [-0.2, -0.15) is 0 Å². The van der Waals surface area contributed by atoms with Crippen molar-refractivity contribution in [3.63, 3.8) is 0 Å². The van der Waals surface area contributed by atoms with E-state index < -0.39 is 0 Å². The maximum Gasteiger partial charge on any atom is 0.234 e. The highest BCUT2D eigenvalue weighted by Gasteiger charge is 2.18. The summed E-state index contributed by atoms with van der Waals surface area (Å²) in [5.41, 5.74) is 2.86. The Hall–Kier alpha value is -2.34. The molecule has 1 aliphatic rings. The van der Waals surface area contributed by atoms with Gasteiger partial charge in [0.1, 0.15) is 5.69 Å². The first-order valence-electron chi connectivity index (χ1n) is 7.23. The first kappa shape index (κ1) is 12.4. The van der Waals surface area contributed by atoms with E-state index >= 15 is 0 Å². The average molecular weight is 280 g/mol. The normalized spacial score (nSPS) is 16.4. The van der Waals surface area contributed by atoms with E-state index in [1.165, 1.54) is 0 Å². The van der Waals surface area contributed by atoms with Crippen LogP contribution in [0, 0.1) is 0 Å². The molecule has 1 saturated heterocycles. The first-order valence-corrected chi connectivity index (χ1v) is 7.23. The fourth-order valence-corrected chi connectivity index (χ4v) is 2.84. The Bertz CT molecular complexity index is 759. The van der Waals surface area contributed by atoms with Gasteiger partial charge in [-0.15, -0.1) is 0 Å². The summed E-state index contributed by atoms with van der Waals surface area (Å²) in [6.07, 6.45) is 11.4. The summed E-state index contributed by atoms with van der Waals surface area (Å²) >= 11 is 0. The van der Waals surface area contributed by atoms with Gasteiger partial charge in [0.15, 0.2) is 0 Å². The predicted molar refractivity (Wildman–Crippen MR) is 78.9 cm³/mol. The largest absolute Gasteiger partial charge is 0.317 e. The Morgan fingerprint density at radius 2 is 2.00 bits per heavy atom. The van der Waals surface area contributed by atoms with Gasteiger partial charge in [-0.3, -0.25) is 9.38 Å². The van der Waals surface area contributed by atoms with Crippen LogP contribution < -0.4 is 5.32 Å². The SMILES string of the molecule is c1cnc2ncc(-c3cncc(C4CCNCC4)n3)n2c1. The molecule has 0 saturated carbocycles. The monoisotopic (exact) mass is 280 g/mol. The van der Waals surface area contributed by atoms with Crippen molar-refractivity contribution in [2.24, 2.45) is 0 Å². The summed E-state index contributed by atoms with van der Waals surface area (Å²) in [5.74, 6) is 1.18. The van der Waals surface area contributed by atoms with E-state index in [4.69, 9.17) is 4.98 Å². The first-order chi connectivity index (χ1) is 10.4. The molecule has 0 bridgehead atoms. The number of rotatable bonds is 2. The minimum absolute atomic E-state index is 0.496. The van der Waals surface area contributed by atoms with Gasteiger partial charge in [-0.25, -0.2) is 15.0 Å². The van der Waals surface area contributed by atoms with E-state index in [-0.39, 0.29) is 0 Å². The zero-order chi connectivity index (χ0) is 14.1. The molecule has 0 aromatic carbocycles. The number of imidazole rings is 1. The number of hydrogen-bond donors (Lipinski definition) is 1. The summed E-state index contributed by atoms with van der Waals surface area (Å²) in [5, 5.41) is 3.38. The Balaban J connectivity index is 1.75.